The number of para-hydroxylation sites is 1. The molecule has 0 spiro atoms. The number of halogens is 1. The standard InChI is InChI=1S/C19H21FN2O3/c1-24-14-25-17-11-9-16(10-12-17)22(20)19(23)21-13-5-4-7-15-6-2-3-8-18(15)21/h2-3,6,8-12H,4-5,7,13-14H2,1H3. The van der Waals surface area contributed by atoms with Crippen molar-refractivity contribution in [2.24, 2.45) is 0 Å². The molecule has 0 fully saturated rings. The fourth-order valence-electron chi connectivity index (χ4n) is 2.91. The highest BCUT2D eigenvalue weighted by atomic mass is 19.2. The molecule has 2 amide bonds. The third-order valence-electron chi connectivity index (χ3n) is 4.17. The smallest absolute Gasteiger partial charge is 0.357 e. The van der Waals surface area contributed by atoms with Crippen LogP contribution in [0.15, 0.2) is 48.5 Å². The van der Waals surface area contributed by atoms with Crippen LogP contribution in [0.1, 0.15) is 18.4 Å². The van der Waals surface area contributed by atoms with Crippen molar-refractivity contribution < 1.29 is 18.7 Å². The molecule has 3 rings (SSSR count). The number of hydrogen-bond acceptors (Lipinski definition) is 3. The molecule has 0 bridgehead atoms. The molecule has 0 atom stereocenters. The normalized spacial score (nSPS) is 13.8. The number of fused-ring (bicyclic) bond motifs is 1. The van der Waals surface area contributed by atoms with E-state index in [9.17, 15) is 9.28 Å². The van der Waals surface area contributed by atoms with Crippen molar-refractivity contribution in [1.29, 1.82) is 0 Å². The summed E-state index contributed by atoms with van der Waals surface area (Å²) in [5.41, 5.74) is 2.02. The Kier molecular flexibility index (Phi) is 5.50. The zero-order chi connectivity index (χ0) is 17.6. The Balaban J connectivity index is 1.78. The molecule has 0 saturated carbocycles. The lowest BCUT2D eigenvalue weighted by Gasteiger charge is -2.25. The van der Waals surface area contributed by atoms with Gasteiger partial charge >= 0.3 is 6.03 Å². The van der Waals surface area contributed by atoms with Crippen LogP contribution in [-0.4, -0.2) is 26.5 Å². The summed E-state index contributed by atoms with van der Waals surface area (Å²) in [5, 5.41) is 0.183. The van der Waals surface area contributed by atoms with E-state index in [1.54, 1.807) is 12.1 Å². The molecule has 2 aromatic carbocycles. The van der Waals surface area contributed by atoms with Crippen LogP contribution in [0.5, 0.6) is 5.75 Å². The Bertz CT molecular complexity index is 721. The van der Waals surface area contributed by atoms with Gasteiger partial charge < -0.3 is 9.47 Å². The van der Waals surface area contributed by atoms with E-state index in [-0.39, 0.29) is 17.6 Å². The predicted molar refractivity (Wildman–Crippen MR) is 94.7 cm³/mol. The number of amides is 2. The lowest BCUT2D eigenvalue weighted by molar-refractivity contribution is 0.0511. The molecule has 25 heavy (non-hydrogen) atoms. The molecule has 0 aliphatic carbocycles. The maximum Gasteiger partial charge on any atom is 0.357 e. The first-order valence-electron chi connectivity index (χ1n) is 8.28. The van der Waals surface area contributed by atoms with Gasteiger partial charge in [-0.25, -0.2) is 4.79 Å². The van der Waals surface area contributed by atoms with Crippen molar-refractivity contribution in [1.82, 2.24) is 0 Å². The van der Waals surface area contributed by atoms with Gasteiger partial charge in [0.25, 0.3) is 0 Å². The summed E-state index contributed by atoms with van der Waals surface area (Å²) in [6.45, 7) is 0.619. The molecular formula is C19H21FN2O3. The van der Waals surface area contributed by atoms with E-state index in [0.29, 0.717) is 12.3 Å². The van der Waals surface area contributed by atoms with Crippen molar-refractivity contribution in [3.8, 4) is 5.75 Å². The molecule has 132 valence electrons. The first-order chi connectivity index (χ1) is 12.2. The van der Waals surface area contributed by atoms with Crippen LogP contribution >= 0.6 is 0 Å². The number of ether oxygens (including phenoxy) is 2. The molecular weight excluding hydrogens is 323 g/mol. The number of anilines is 2. The number of methoxy groups -OCH3 is 1. The van der Waals surface area contributed by atoms with Gasteiger partial charge in [-0.3, -0.25) is 4.90 Å². The van der Waals surface area contributed by atoms with Gasteiger partial charge in [0.2, 0.25) is 0 Å². The number of benzene rings is 2. The lowest BCUT2D eigenvalue weighted by atomic mass is 10.1. The van der Waals surface area contributed by atoms with Crippen LogP contribution in [0.2, 0.25) is 0 Å². The summed E-state index contributed by atoms with van der Waals surface area (Å²) in [4.78, 5) is 14.2. The number of carbonyl (C=O) groups is 1. The largest absolute Gasteiger partial charge is 0.468 e. The molecule has 1 aliphatic rings. The fraction of sp³-hybridized carbons (Fsp3) is 0.316. The highest BCUT2D eigenvalue weighted by molar-refractivity contribution is 6.02. The lowest BCUT2D eigenvalue weighted by Crippen LogP contribution is -2.40. The predicted octanol–water partition coefficient (Wildman–Crippen LogP) is 4.32. The number of carbonyl (C=O) groups excluding carboxylic acids is 1. The second-order valence-electron chi connectivity index (χ2n) is 5.85. The minimum atomic E-state index is -0.681. The number of urea groups is 1. The Hall–Kier alpha value is -2.60. The summed E-state index contributed by atoms with van der Waals surface area (Å²) in [6, 6.07) is 13.2. The third-order valence-corrected chi connectivity index (χ3v) is 4.17. The molecule has 1 aliphatic heterocycles. The van der Waals surface area contributed by atoms with E-state index in [4.69, 9.17) is 9.47 Å². The van der Waals surface area contributed by atoms with Crippen molar-refractivity contribution in [2.45, 2.75) is 19.3 Å². The summed E-state index contributed by atoms with van der Waals surface area (Å²) in [6.07, 6.45) is 2.73. The fourth-order valence-corrected chi connectivity index (χ4v) is 2.91. The zero-order valence-electron chi connectivity index (χ0n) is 14.2. The van der Waals surface area contributed by atoms with E-state index in [2.05, 4.69) is 0 Å². The van der Waals surface area contributed by atoms with Gasteiger partial charge in [-0.1, -0.05) is 22.7 Å². The molecule has 0 aromatic heterocycles. The number of rotatable bonds is 4. The Morgan fingerprint density at radius 2 is 1.92 bits per heavy atom. The molecule has 6 heteroatoms. The Morgan fingerprint density at radius 1 is 1.16 bits per heavy atom. The SMILES string of the molecule is COCOc1ccc(N(F)C(=O)N2CCCCc3ccccc32)cc1. The average molecular weight is 344 g/mol. The van der Waals surface area contributed by atoms with Gasteiger partial charge in [-0.15, -0.1) is 5.12 Å². The second kappa shape index (κ2) is 7.98. The third kappa shape index (κ3) is 3.91. The van der Waals surface area contributed by atoms with E-state index in [1.807, 2.05) is 24.3 Å². The van der Waals surface area contributed by atoms with Crippen LogP contribution in [0.25, 0.3) is 0 Å². The molecule has 5 nitrogen and oxygen atoms in total. The zero-order valence-corrected chi connectivity index (χ0v) is 14.2. The van der Waals surface area contributed by atoms with E-state index in [0.717, 1.165) is 30.5 Å². The maximum atomic E-state index is 14.7. The molecule has 0 saturated heterocycles. The van der Waals surface area contributed by atoms with Gasteiger partial charge in [0.15, 0.2) is 6.79 Å². The van der Waals surface area contributed by atoms with Gasteiger partial charge in [0, 0.05) is 19.3 Å². The summed E-state index contributed by atoms with van der Waals surface area (Å²) in [5.74, 6) is 0.548. The first kappa shape index (κ1) is 17.2. The number of hydrogen-bond donors (Lipinski definition) is 0. The minimum absolute atomic E-state index is 0.113. The Morgan fingerprint density at radius 3 is 2.68 bits per heavy atom. The van der Waals surface area contributed by atoms with Gasteiger partial charge in [-0.2, -0.15) is 0 Å². The monoisotopic (exact) mass is 344 g/mol. The van der Waals surface area contributed by atoms with E-state index < -0.39 is 6.03 Å². The molecule has 2 aromatic rings. The van der Waals surface area contributed by atoms with Crippen molar-refractivity contribution in [2.75, 3.05) is 30.5 Å². The van der Waals surface area contributed by atoms with Crippen LogP contribution in [0.4, 0.5) is 20.7 Å². The molecule has 0 radical (unpaired) electrons. The van der Waals surface area contributed by atoms with Crippen LogP contribution < -0.4 is 14.8 Å². The van der Waals surface area contributed by atoms with Crippen LogP contribution in [0, 0.1) is 0 Å². The van der Waals surface area contributed by atoms with Crippen molar-refractivity contribution >= 4 is 17.4 Å². The second-order valence-corrected chi connectivity index (χ2v) is 5.85. The van der Waals surface area contributed by atoms with Gasteiger partial charge in [0.1, 0.15) is 5.75 Å². The van der Waals surface area contributed by atoms with E-state index in [1.165, 1.54) is 24.1 Å². The highest BCUT2D eigenvalue weighted by Gasteiger charge is 2.26. The van der Waals surface area contributed by atoms with Crippen molar-refractivity contribution in [3.05, 3.63) is 54.1 Å². The van der Waals surface area contributed by atoms with Crippen LogP contribution in [-0.2, 0) is 11.2 Å². The topological polar surface area (TPSA) is 42.0 Å². The maximum absolute atomic E-state index is 14.7. The van der Waals surface area contributed by atoms with Crippen LogP contribution in [0.3, 0.4) is 0 Å². The van der Waals surface area contributed by atoms with E-state index >= 15 is 0 Å². The average Bonchev–Trinajstić information content (AvgIpc) is 2.88. The number of aryl methyl sites for hydroxylation is 1. The summed E-state index contributed by atoms with van der Waals surface area (Å²) < 4.78 is 24.8. The first-order valence-corrected chi connectivity index (χ1v) is 8.28. The van der Waals surface area contributed by atoms with Gasteiger partial charge in [0.05, 0.1) is 5.69 Å². The van der Waals surface area contributed by atoms with Crippen molar-refractivity contribution in [3.63, 3.8) is 0 Å². The van der Waals surface area contributed by atoms with Gasteiger partial charge in [-0.05, 0) is 55.2 Å². The summed E-state index contributed by atoms with van der Waals surface area (Å²) in [7, 11) is 1.52. The summed E-state index contributed by atoms with van der Waals surface area (Å²) >= 11 is 0. The highest BCUT2D eigenvalue weighted by Crippen LogP contribution is 2.29. The number of nitrogens with zero attached hydrogens (tertiary/aromatic N) is 2. The Labute approximate surface area is 146 Å². The molecule has 1 heterocycles. The quantitative estimate of drug-likeness (QED) is 0.613. The minimum Gasteiger partial charge on any atom is -0.468 e. The molecule has 0 N–H and O–H groups in total. The molecule has 0 unspecified atom stereocenters.